The standard InChI is InChI=1S/C15H13ClF3N3O2S/c1-8-20-12(7-25-8)14(24)22(2)6-13(23)21-9-3-4-11(16)10(5-9)15(17,18)19/h3-5,7H,6H2,1-2H3,(H,21,23). The van der Waals surface area contributed by atoms with E-state index in [-0.39, 0.29) is 17.9 Å². The van der Waals surface area contributed by atoms with Crippen LogP contribution in [0, 0.1) is 6.92 Å². The molecular formula is C15H13ClF3N3O2S. The summed E-state index contributed by atoms with van der Waals surface area (Å²) >= 11 is 6.82. The number of alkyl halides is 3. The normalized spacial score (nSPS) is 11.3. The number of benzene rings is 1. The average Bonchev–Trinajstić information content (AvgIpc) is 2.93. The Kier molecular flexibility index (Phi) is 5.69. The molecule has 1 N–H and O–H groups in total. The fourth-order valence-corrected chi connectivity index (χ4v) is 2.78. The fourth-order valence-electron chi connectivity index (χ4n) is 1.97. The number of amides is 2. The third-order valence-corrected chi connectivity index (χ3v) is 4.22. The van der Waals surface area contributed by atoms with Gasteiger partial charge in [-0.05, 0) is 25.1 Å². The molecule has 0 atom stereocenters. The second kappa shape index (κ2) is 7.40. The van der Waals surface area contributed by atoms with Crippen molar-refractivity contribution in [2.45, 2.75) is 13.1 Å². The Balaban J connectivity index is 2.04. The van der Waals surface area contributed by atoms with Crippen molar-refractivity contribution in [3.05, 3.63) is 44.9 Å². The summed E-state index contributed by atoms with van der Waals surface area (Å²) in [5.41, 5.74) is -0.898. The van der Waals surface area contributed by atoms with Gasteiger partial charge in [-0.25, -0.2) is 4.98 Å². The number of thiazole rings is 1. The van der Waals surface area contributed by atoms with Crippen molar-refractivity contribution < 1.29 is 22.8 Å². The number of carbonyl (C=O) groups excluding carboxylic acids is 2. The SMILES string of the molecule is Cc1nc(C(=O)N(C)CC(=O)Nc2ccc(Cl)c(C(F)(F)F)c2)cs1. The maximum Gasteiger partial charge on any atom is 0.417 e. The first-order chi connectivity index (χ1) is 11.6. The summed E-state index contributed by atoms with van der Waals surface area (Å²) in [5.74, 6) is -1.09. The third-order valence-electron chi connectivity index (χ3n) is 3.12. The van der Waals surface area contributed by atoms with Crippen LogP contribution in [0.15, 0.2) is 23.6 Å². The largest absolute Gasteiger partial charge is 0.417 e. The number of rotatable bonds is 4. The second-order valence-electron chi connectivity index (χ2n) is 5.15. The zero-order chi connectivity index (χ0) is 18.8. The van der Waals surface area contributed by atoms with Crippen LogP contribution in [-0.2, 0) is 11.0 Å². The zero-order valence-electron chi connectivity index (χ0n) is 13.1. The molecule has 1 aromatic carbocycles. The lowest BCUT2D eigenvalue weighted by molar-refractivity contribution is -0.137. The van der Waals surface area contributed by atoms with Gasteiger partial charge in [-0.3, -0.25) is 9.59 Å². The lowest BCUT2D eigenvalue weighted by atomic mass is 10.2. The Labute approximate surface area is 150 Å². The number of anilines is 1. The van der Waals surface area contributed by atoms with Gasteiger partial charge >= 0.3 is 6.18 Å². The highest BCUT2D eigenvalue weighted by molar-refractivity contribution is 7.09. The first kappa shape index (κ1) is 19.2. The van der Waals surface area contributed by atoms with E-state index in [0.717, 1.165) is 17.0 Å². The number of hydrogen-bond acceptors (Lipinski definition) is 4. The van der Waals surface area contributed by atoms with Crippen LogP contribution in [0.5, 0.6) is 0 Å². The molecule has 0 spiro atoms. The quantitative estimate of drug-likeness (QED) is 0.861. The van der Waals surface area contributed by atoms with Crippen LogP contribution in [0.4, 0.5) is 18.9 Å². The highest BCUT2D eigenvalue weighted by Crippen LogP contribution is 2.36. The van der Waals surface area contributed by atoms with Gasteiger partial charge in [0.25, 0.3) is 5.91 Å². The molecule has 2 aromatic rings. The summed E-state index contributed by atoms with van der Waals surface area (Å²) in [6, 6.07) is 3.04. The number of nitrogens with zero attached hydrogens (tertiary/aromatic N) is 2. The second-order valence-corrected chi connectivity index (χ2v) is 6.62. The van der Waals surface area contributed by atoms with Crippen LogP contribution in [-0.4, -0.2) is 35.3 Å². The van der Waals surface area contributed by atoms with Crippen molar-refractivity contribution in [1.82, 2.24) is 9.88 Å². The van der Waals surface area contributed by atoms with Crippen LogP contribution < -0.4 is 5.32 Å². The first-order valence-electron chi connectivity index (χ1n) is 6.92. The molecule has 5 nitrogen and oxygen atoms in total. The van der Waals surface area contributed by atoms with Gasteiger partial charge in [-0.15, -0.1) is 11.3 Å². The topological polar surface area (TPSA) is 62.3 Å². The van der Waals surface area contributed by atoms with Crippen molar-refractivity contribution in [2.24, 2.45) is 0 Å². The van der Waals surface area contributed by atoms with Gasteiger partial charge in [0.1, 0.15) is 5.69 Å². The molecule has 10 heteroatoms. The number of likely N-dealkylation sites (N-methyl/N-ethyl adjacent to an activating group) is 1. The summed E-state index contributed by atoms with van der Waals surface area (Å²) in [6.07, 6.45) is -4.63. The van der Waals surface area contributed by atoms with E-state index in [2.05, 4.69) is 10.3 Å². The maximum atomic E-state index is 12.8. The minimum atomic E-state index is -4.63. The maximum absolute atomic E-state index is 12.8. The minimum absolute atomic E-state index is 0.0629. The van der Waals surface area contributed by atoms with Gasteiger partial charge < -0.3 is 10.2 Å². The summed E-state index contributed by atoms with van der Waals surface area (Å²) in [5, 5.41) is 4.13. The van der Waals surface area contributed by atoms with E-state index in [9.17, 15) is 22.8 Å². The fraction of sp³-hybridized carbons (Fsp3) is 0.267. The zero-order valence-corrected chi connectivity index (χ0v) is 14.7. The van der Waals surface area contributed by atoms with Gasteiger partial charge in [0.15, 0.2) is 0 Å². The third kappa shape index (κ3) is 4.93. The minimum Gasteiger partial charge on any atom is -0.331 e. The number of hydrogen-bond donors (Lipinski definition) is 1. The van der Waals surface area contributed by atoms with Gasteiger partial charge in [0.05, 0.1) is 22.1 Å². The van der Waals surface area contributed by atoms with E-state index in [0.29, 0.717) is 5.01 Å². The lowest BCUT2D eigenvalue weighted by Gasteiger charge is -2.16. The van der Waals surface area contributed by atoms with Crippen LogP contribution in [0.25, 0.3) is 0 Å². The molecule has 0 aliphatic carbocycles. The smallest absolute Gasteiger partial charge is 0.331 e. The van der Waals surface area contributed by atoms with Crippen molar-refractivity contribution in [2.75, 3.05) is 18.9 Å². The first-order valence-corrected chi connectivity index (χ1v) is 8.18. The monoisotopic (exact) mass is 391 g/mol. The summed E-state index contributed by atoms with van der Waals surface area (Å²) in [6.45, 7) is 1.41. The van der Waals surface area contributed by atoms with E-state index < -0.39 is 28.6 Å². The Hall–Kier alpha value is -2.13. The van der Waals surface area contributed by atoms with Crippen LogP contribution in [0.1, 0.15) is 21.1 Å². The Morgan fingerprint density at radius 1 is 1.36 bits per heavy atom. The summed E-state index contributed by atoms with van der Waals surface area (Å²) in [4.78, 5) is 29.2. The molecule has 0 aliphatic heterocycles. The molecule has 2 rings (SSSR count). The van der Waals surface area contributed by atoms with Gasteiger partial charge in [-0.2, -0.15) is 13.2 Å². The number of aromatic nitrogens is 1. The number of aryl methyl sites for hydroxylation is 1. The molecule has 0 aliphatic rings. The predicted octanol–water partition coefficient (Wildman–Crippen LogP) is 3.83. The number of halogens is 4. The molecule has 0 unspecified atom stereocenters. The Morgan fingerprint density at radius 2 is 2.04 bits per heavy atom. The lowest BCUT2D eigenvalue weighted by Crippen LogP contribution is -2.35. The molecule has 134 valence electrons. The highest BCUT2D eigenvalue weighted by atomic mass is 35.5. The van der Waals surface area contributed by atoms with E-state index in [1.807, 2.05) is 0 Å². The van der Waals surface area contributed by atoms with Crippen molar-refractivity contribution in [3.63, 3.8) is 0 Å². The summed E-state index contributed by atoms with van der Waals surface area (Å²) < 4.78 is 38.4. The molecule has 0 saturated carbocycles. The highest BCUT2D eigenvalue weighted by Gasteiger charge is 2.33. The molecule has 0 fully saturated rings. The molecule has 1 heterocycles. The van der Waals surface area contributed by atoms with E-state index in [1.54, 1.807) is 12.3 Å². The molecule has 0 radical (unpaired) electrons. The van der Waals surface area contributed by atoms with Gasteiger partial charge in [0, 0.05) is 18.1 Å². The van der Waals surface area contributed by atoms with E-state index in [1.165, 1.54) is 24.5 Å². The average molecular weight is 392 g/mol. The molecule has 0 saturated heterocycles. The molecular weight excluding hydrogens is 379 g/mol. The van der Waals surface area contributed by atoms with Crippen molar-refractivity contribution >= 4 is 40.4 Å². The van der Waals surface area contributed by atoms with Crippen molar-refractivity contribution in [1.29, 1.82) is 0 Å². The molecule has 2 amide bonds. The number of nitrogens with one attached hydrogen (secondary N) is 1. The molecule has 1 aromatic heterocycles. The van der Waals surface area contributed by atoms with E-state index in [4.69, 9.17) is 11.6 Å². The van der Waals surface area contributed by atoms with Crippen LogP contribution in [0.3, 0.4) is 0 Å². The Morgan fingerprint density at radius 3 is 2.60 bits per heavy atom. The van der Waals surface area contributed by atoms with Gasteiger partial charge in [0.2, 0.25) is 5.91 Å². The number of carbonyl (C=O) groups is 2. The molecule has 25 heavy (non-hydrogen) atoms. The predicted molar refractivity (Wildman–Crippen MR) is 88.9 cm³/mol. The molecule has 0 bridgehead atoms. The van der Waals surface area contributed by atoms with Gasteiger partial charge in [-0.1, -0.05) is 11.6 Å². The van der Waals surface area contributed by atoms with Crippen LogP contribution >= 0.6 is 22.9 Å². The van der Waals surface area contributed by atoms with Crippen LogP contribution in [0.2, 0.25) is 5.02 Å². The summed E-state index contributed by atoms with van der Waals surface area (Å²) in [7, 11) is 1.40. The van der Waals surface area contributed by atoms with Crippen molar-refractivity contribution in [3.8, 4) is 0 Å². The van der Waals surface area contributed by atoms with E-state index >= 15 is 0 Å². The Bertz CT molecular complexity index is 808.